The van der Waals surface area contributed by atoms with E-state index in [-0.39, 0.29) is 11.8 Å². The highest BCUT2D eigenvalue weighted by atomic mass is 19.3. The summed E-state index contributed by atoms with van der Waals surface area (Å²) in [5.41, 5.74) is 1.86. The molecular formula is C13H20F2N2O. The van der Waals surface area contributed by atoms with E-state index in [0.29, 0.717) is 6.54 Å². The third-order valence-electron chi connectivity index (χ3n) is 2.41. The van der Waals surface area contributed by atoms with Crippen molar-refractivity contribution in [3.8, 4) is 5.88 Å². The van der Waals surface area contributed by atoms with E-state index in [4.69, 9.17) is 4.74 Å². The smallest absolute Gasteiger partial charge is 0.272 e. The molecule has 0 fully saturated rings. The molecule has 3 nitrogen and oxygen atoms in total. The van der Waals surface area contributed by atoms with E-state index in [2.05, 4.69) is 10.3 Å². The van der Waals surface area contributed by atoms with Gasteiger partial charge in [-0.05, 0) is 24.1 Å². The lowest BCUT2D eigenvalue weighted by molar-refractivity contribution is 0.0794. The molecule has 0 radical (unpaired) electrons. The number of hydrogen-bond donors (Lipinski definition) is 1. The van der Waals surface area contributed by atoms with Crippen molar-refractivity contribution in [3.05, 3.63) is 23.4 Å². The van der Waals surface area contributed by atoms with Crippen LogP contribution in [0.5, 0.6) is 5.88 Å². The molecule has 1 aromatic heterocycles. The van der Waals surface area contributed by atoms with Crippen molar-refractivity contribution in [2.45, 2.75) is 39.7 Å². The zero-order valence-electron chi connectivity index (χ0n) is 11.0. The van der Waals surface area contributed by atoms with Crippen LogP contribution in [0.15, 0.2) is 12.1 Å². The van der Waals surface area contributed by atoms with Crippen LogP contribution in [0.1, 0.15) is 37.9 Å². The number of rotatable bonds is 7. The summed E-state index contributed by atoms with van der Waals surface area (Å²) < 4.78 is 29.2. The normalized spacial score (nSPS) is 11.3. The van der Waals surface area contributed by atoms with Gasteiger partial charge in [0.1, 0.15) is 0 Å². The molecule has 5 heteroatoms. The van der Waals surface area contributed by atoms with Gasteiger partial charge in [-0.1, -0.05) is 20.8 Å². The maximum absolute atomic E-state index is 12.1. The van der Waals surface area contributed by atoms with Crippen LogP contribution in [0.4, 0.5) is 8.78 Å². The van der Waals surface area contributed by atoms with Crippen molar-refractivity contribution in [1.29, 1.82) is 0 Å². The lowest BCUT2D eigenvalue weighted by atomic mass is 10.1. The summed E-state index contributed by atoms with van der Waals surface area (Å²) in [6.07, 6.45) is -2.48. The summed E-state index contributed by atoms with van der Waals surface area (Å²) in [7, 11) is 0. The third kappa shape index (κ3) is 4.96. The Balaban J connectivity index is 2.83. The fraction of sp³-hybridized carbons (Fsp3) is 0.615. The Labute approximate surface area is 107 Å². The van der Waals surface area contributed by atoms with Crippen molar-refractivity contribution in [2.75, 3.05) is 13.2 Å². The lowest BCUT2D eigenvalue weighted by Crippen LogP contribution is -2.14. The summed E-state index contributed by atoms with van der Waals surface area (Å²) in [4.78, 5) is 4.23. The molecule has 1 N–H and O–H groups in total. The Hall–Kier alpha value is -1.23. The van der Waals surface area contributed by atoms with Gasteiger partial charge < -0.3 is 10.1 Å². The van der Waals surface area contributed by atoms with Gasteiger partial charge in [-0.2, -0.15) is 0 Å². The highest BCUT2D eigenvalue weighted by Crippen LogP contribution is 2.19. The van der Waals surface area contributed by atoms with Gasteiger partial charge in [0, 0.05) is 18.3 Å². The molecule has 0 amide bonds. The highest BCUT2D eigenvalue weighted by Gasteiger charge is 2.09. The van der Waals surface area contributed by atoms with Gasteiger partial charge in [-0.3, -0.25) is 0 Å². The summed E-state index contributed by atoms with van der Waals surface area (Å²) >= 11 is 0. The van der Waals surface area contributed by atoms with E-state index in [1.54, 1.807) is 6.07 Å². The predicted molar refractivity (Wildman–Crippen MR) is 67.2 cm³/mol. The van der Waals surface area contributed by atoms with Crippen LogP contribution < -0.4 is 10.1 Å². The Bertz CT molecular complexity index is 370. The topological polar surface area (TPSA) is 34.1 Å². The molecule has 102 valence electrons. The molecule has 0 bridgehead atoms. The number of hydrogen-bond acceptors (Lipinski definition) is 3. The molecule has 0 atom stereocenters. The zero-order chi connectivity index (χ0) is 13.5. The van der Waals surface area contributed by atoms with E-state index < -0.39 is 13.0 Å². The van der Waals surface area contributed by atoms with Crippen LogP contribution in [0.2, 0.25) is 0 Å². The first-order valence-corrected chi connectivity index (χ1v) is 6.15. The minimum Gasteiger partial charge on any atom is -0.472 e. The molecule has 18 heavy (non-hydrogen) atoms. The Morgan fingerprint density at radius 3 is 2.61 bits per heavy atom. The first kappa shape index (κ1) is 14.8. The number of halogens is 2. The minimum absolute atomic E-state index is 0.237. The summed E-state index contributed by atoms with van der Waals surface area (Å²) in [5, 5.41) is 3.19. The van der Waals surface area contributed by atoms with Gasteiger partial charge in [0.15, 0.2) is 6.61 Å². The van der Waals surface area contributed by atoms with Crippen molar-refractivity contribution < 1.29 is 13.5 Å². The molecule has 0 saturated carbocycles. The van der Waals surface area contributed by atoms with Crippen molar-refractivity contribution in [2.24, 2.45) is 0 Å². The Morgan fingerprint density at radius 1 is 1.33 bits per heavy atom. The first-order valence-electron chi connectivity index (χ1n) is 6.15. The van der Waals surface area contributed by atoms with Gasteiger partial charge in [0.2, 0.25) is 5.88 Å². The van der Waals surface area contributed by atoms with Crippen LogP contribution in [-0.2, 0) is 6.54 Å². The van der Waals surface area contributed by atoms with E-state index in [1.807, 2.05) is 26.8 Å². The van der Waals surface area contributed by atoms with Crippen LogP contribution >= 0.6 is 0 Å². The Morgan fingerprint density at radius 2 is 2.06 bits per heavy atom. The van der Waals surface area contributed by atoms with E-state index >= 15 is 0 Å². The van der Waals surface area contributed by atoms with E-state index in [0.717, 1.165) is 17.8 Å². The maximum atomic E-state index is 12.1. The molecule has 1 rings (SSSR count). The van der Waals surface area contributed by atoms with Crippen LogP contribution in [0, 0.1) is 0 Å². The number of nitrogens with one attached hydrogen (secondary N) is 1. The highest BCUT2D eigenvalue weighted by molar-refractivity contribution is 5.26. The molecule has 0 unspecified atom stereocenters. The second-order valence-corrected chi connectivity index (χ2v) is 4.38. The van der Waals surface area contributed by atoms with Gasteiger partial charge >= 0.3 is 0 Å². The van der Waals surface area contributed by atoms with E-state index in [9.17, 15) is 8.78 Å². The number of nitrogens with zero attached hydrogens (tertiary/aromatic N) is 1. The molecule has 0 aliphatic carbocycles. The predicted octanol–water partition coefficient (Wildman–Crippen LogP) is 2.96. The lowest BCUT2D eigenvalue weighted by Gasteiger charge is -2.12. The van der Waals surface area contributed by atoms with Crippen LogP contribution in [0.3, 0.4) is 0 Å². The third-order valence-corrected chi connectivity index (χ3v) is 2.41. The van der Waals surface area contributed by atoms with Crippen LogP contribution in [-0.4, -0.2) is 24.6 Å². The van der Waals surface area contributed by atoms with Crippen molar-refractivity contribution >= 4 is 0 Å². The second-order valence-electron chi connectivity index (χ2n) is 4.38. The quantitative estimate of drug-likeness (QED) is 0.816. The second kappa shape index (κ2) is 7.26. The molecule has 1 aromatic rings. The number of ether oxygens (including phenoxy) is 1. The molecule has 1 heterocycles. The average Bonchev–Trinajstić information content (AvgIpc) is 2.33. The standard InChI is InChI=1S/C13H20F2N2O/c1-4-16-7-10-5-11(9(2)3)17-13(6-10)18-8-12(14)15/h5-6,9,12,16H,4,7-8H2,1-3H3. The SMILES string of the molecule is CCNCc1cc(OCC(F)F)nc(C(C)C)c1. The number of aromatic nitrogens is 1. The maximum Gasteiger partial charge on any atom is 0.272 e. The summed E-state index contributed by atoms with van der Waals surface area (Å²) in [6.45, 7) is 6.96. The number of alkyl halides is 2. The molecular weight excluding hydrogens is 238 g/mol. The number of pyridine rings is 1. The van der Waals surface area contributed by atoms with Gasteiger partial charge in [-0.15, -0.1) is 0 Å². The monoisotopic (exact) mass is 258 g/mol. The largest absolute Gasteiger partial charge is 0.472 e. The molecule has 0 aromatic carbocycles. The fourth-order valence-corrected chi connectivity index (χ4v) is 1.47. The molecule has 0 spiro atoms. The fourth-order valence-electron chi connectivity index (χ4n) is 1.47. The van der Waals surface area contributed by atoms with Gasteiger partial charge in [0.25, 0.3) is 6.43 Å². The Kier molecular flexibility index (Phi) is 5.98. The average molecular weight is 258 g/mol. The molecule has 0 saturated heterocycles. The molecule has 0 aliphatic rings. The van der Waals surface area contributed by atoms with E-state index in [1.165, 1.54) is 0 Å². The first-order chi connectivity index (χ1) is 8.52. The van der Waals surface area contributed by atoms with Crippen LogP contribution in [0.25, 0.3) is 0 Å². The minimum atomic E-state index is -2.48. The summed E-state index contributed by atoms with van der Waals surface area (Å²) in [5.74, 6) is 0.509. The van der Waals surface area contributed by atoms with Gasteiger partial charge in [-0.25, -0.2) is 13.8 Å². The zero-order valence-corrected chi connectivity index (χ0v) is 11.0. The van der Waals surface area contributed by atoms with Gasteiger partial charge in [0.05, 0.1) is 0 Å². The van der Waals surface area contributed by atoms with Crippen molar-refractivity contribution in [3.63, 3.8) is 0 Å². The summed E-state index contributed by atoms with van der Waals surface area (Å²) in [6, 6.07) is 3.68. The van der Waals surface area contributed by atoms with Crippen molar-refractivity contribution in [1.82, 2.24) is 10.3 Å². The molecule has 0 aliphatic heterocycles.